The average molecular weight is 284 g/mol. The number of halogens is 4. The molecule has 1 aliphatic rings. The topological polar surface area (TPSA) is 37.3 Å². The van der Waals surface area contributed by atoms with Crippen molar-refractivity contribution in [3.05, 3.63) is 0 Å². The van der Waals surface area contributed by atoms with Crippen LogP contribution in [0.2, 0.25) is 0 Å². The van der Waals surface area contributed by atoms with Crippen molar-refractivity contribution >= 4 is 5.97 Å². The molecule has 2 atom stereocenters. The Labute approximate surface area is 110 Å². The van der Waals surface area contributed by atoms with E-state index in [-0.39, 0.29) is 11.8 Å². The normalized spacial score (nSPS) is 27.8. The van der Waals surface area contributed by atoms with Crippen LogP contribution in [0.25, 0.3) is 0 Å². The summed E-state index contributed by atoms with van der Waals surface area (Å²) in [6, 6.07) is 0. The Morgan fingerprint density at radius 3 is 1.95 bits per heavy atom. The van der Waals surface area contributed by atoms with Gasteiger partial charge in [-0.15, -0.1) is 0 Å². The number of rotatable bonds is 5. The van der Waals surface area contributed by atoms with Crippen LogP contribution >= 0.6 is 0 Å². The molecule has 0 aromatic carbocycles. The second-order valence-corrected chi connectivity index (χ2v) is 5.61. The third kappa shape index (κ3) is 5.37. The van der Waals surface area contributed by atoms with Crippen LogP contribution in [0.4, 0.5) is 17.6 Å². The van der Waals surface area contributed by atoms with Gasteiger partial charge >= 0.3 is 12.1 Å². The van der Waals surface area contributed by atoms with Crippen molar-refractivity contribution in [2.75, 3.05) is 0 Å². The molecule has 19 heavy (non-hydrogen) atoms. The molecule has 0 saturated heterocycles. The summed E-state index contributed by atoms with van der Waals surface area (Å²) in [4.78, 5) is 10.7. The standard InChI is InChI=1S/C13H20F4O2/c1-8(12(18)19)6-9-2-4-10(5-3-9)7-11(14)13(15,16)17/h8-11H,2-7H2,1H3,(H,18,19). The highest BCUT2D eigenvalue weighted by atomic mass is 19.4. The Balaban J connectivity index is 2.31. The summed E-state index contributed by atoms with van der Waals surface area (Å²) in [5, 5.41) is 8.80. The fourth-order valence-electron chi connectivity index (χ4n) is 2.73. The Bertz CT molecular complexity index is 296. The summed E-state index contributed by atoms with van der Waals surface area (Å²) >= 11 is 0. The third-order valence-corrected chi connectivity index (χ3v) is 3.97. The first kappa shape index (κ1) is 16.2. The molecular formula is C13H20F4O2. The second kappa shape index (κ2) is 6.57. The molecule has 0 heterocycles. The van der Waals surface area contributed by atoms with Gasteiger partial charge in [-0.05, 0) is 24.7 Å². The molecule has 0 aromatic heterocycles. The van der Waals surface area contributed by atoms with Gasteiger partial charge in [0.15, 0.2) is 6.17 Å². The first-order chi connectivity index (χ1) is 8.70. The van der Waals surface area contributed by atoms with Crippen LogP contribution in [-0.4, -0.2) is 23.4 Å². The highest BCUT2D eigenvalue weighted by Crippen LogP contribution is 2.37. The van der Waals surface area contributed by atoms with Crippen LogP contribution in [0.1, 0.15) is 45.4 Å². The molecule has 0 amide bonds. The van der Waals surface area contributed by atoms with Gasteiger partial charge in [0, 0.05) is 0 Å². The van der Waals surface area contributed by atoms with Crippen molar-refractivity contribution < 1.29 is 27.5 Å². The maximum Gasteiger partial charge on any atom is 0.419 e. The van der Waals surface area contributed by atoms with Gasteiger partial charge in [-0.1, -0.05) is 32.6 Å². The lowest BCUT2D eigenvalue weighted by Crippen LogP contribution is -2.28. The first-order valence-electron chi connectivity index (χ1n) is 6.63. The van der Waals surface area contributed by atoms with Gasteiger partial charge in [0.2, 0.25) is 0 Å². The van der Waals surface area contributed by atoms with Crippen molar-refractivity contribution in [1.29, 1.82) is 0 Å². The summed E-state index contributed by atoms with van der Waals surface area (Å²) in [5.41, 5.74) is 0. The average Bonchev–Trinajstić information content (AvgIpc) is 2.30. The van der Waals surface area contributed by atoms with E-state index >= 15 is 0 Å². The van der Waals surface area contributed by atoms with E-state index in [0.29, 0.717) is 32.1 Å². The lowest BCUT2D eigenvalue weighted by atomic mass is 9.76. The largest absolute Gasteiger partial charge is 0.481 e. The predicted molar refractivity (Wildman–Crippen MR) is 62.4 cm³/mol. The van der Waals surface area contributed by atoms with E-state index in [1.54, 1.807) is 6.92 Å². The molecule has 1 N–H and O–H groups in total. The molecule has 0 aromatic rings. The molecule has 0 bridgehead atoms. The summed E-state index contributed by atoms with van der Waals surface area (Å²) in [6.07, 6.45) is -4.85. The molecule has 112 valence electrons. The van der Waals surface area contributed by atoms with Crippen molar-refractivity contribution in [3.63, 3.8) is 0 Å². The van der Waals surface area contributed by atoms with E-state index in [0.717, 1.165) is 0 Å². The molecule has 6 heteroatoms. The van der Waals surface area contributed by atoms with Crippen LogP contribution < -0.4 is 0 Å². The van der Waals surface area contributed by atoms with Gasteiger partial charge in [0.05, 0.1) is 5.92 Å². The van der Waals surface area contributed by atoms with Gasteiger partial charge in [-0.2, -0.15) is 13.2 Å². The summed E-state index contributed by atoms with van der Waals surface area (Å²) in [5.74, 6) is -1.26. The maximum atomic E-state index is 12.9. The van der Waals surface area contributed by atoms with Gasteiger partial charge in [-0.3, -0.25) is 4.79 Å². The maximum absolute atomic E-state index is 12.9. The summed E-state index contributed by atoms with van der Waals surface area (Å²) in [7, 11) is 0. The quantitative estimate of drug-likeness (QED) is 0.768. The fourth-order valence-corrected chi connectivity index (χ4v) is 2.73. The molecular weight excluding hydrogens is 264 g/mol. The van der Waals surface area contributed by atoms with Crippen molar-refractivity contribution in [2.45, 2.75) is 57.8 Å². The van der Waals surface area contributed by atoms with Crippen LogP contribution in [-0.2, 0) is 4.79 Å². The SMILES string of the molecule is CC(CC1CCC(CC(F)C(F)(F)F)CC1)C(=O)O. The molecule has 0 aliphatic heterocycles. The van der Waals surface area contributed by atoms with E-state index in [4.69, 9.17) is 5.11 Å². The van der Waals surface area contributed by atoms with Gasteiger partial charge in [0.25, 0.3) is 0 Å². The molecule has 0 spiro atoms. The lowest BCUT2D eigenvalue weighted by Gasteiger charge is -2.30. The number of carboxylic acid groups (broad SMARTS) is 1. The van der Waals surface area contributed by atoms with Gasteiger partial charge in [0.1, 0.15) is 0 Å². The first-order valence-corrected chi connectivity index (χ1v) is 6.63. The second-order valence-electron chi connectivity index (χ2n) is 5.61. The smallest absolute Gasteiger partial charge is 0.419 e. The Hall–Kier alpha value is -0.810. The molecule has 1 fully saturated rings. The van der Waals surface area contributed by atoms with Crippen molar-refractivity contribution in [2.24, 2.45) is 17.8 Å². The number of hydrogen-bond acceptors (Lipinski definition) is 1. The van der Waals surface area contributed by atoms with Crippen LogP contribution in [0.15, 0.2) is 0 Å². The number of carbonyl (C=O) groups is 1. The van der Waals surface area contributed by atoms with E-state index in [1.807, 2.05) is 0 Å². The summed E-state index contributed by atoms with van der Waals surface area (Å²) in [6.45, 7) is 1.63. The molecule has 2 unspecified atom stereocenters. The predicted octanol–water partition coefficient (Wildman–Crippen LogP) is 4.19. The van der Waals surface area contributed by atoms with Crippen molar-refractivity contribution in [3.8, 4) is 0 Å². The van der Waals surface area contributed by atoms with Gasteiger partial charge in [-0.25, -0.2) is 4.39 Å². The zero-order chi connectivity index (χ0) is 14.6. The monoisotopic (exact) mass is 284 g/mol. The molecule has 1 rings (SSSR count). The minimum Gasteiger partial charge on any atom is -0.481 e. The lowest BCUT2D eigenvalue weighted by molar-refractivity contribution is -0.185. The number of hydrogen-bond donors (Lipinski definition) is 1. The zero-order valence-corrected chi connectivity index (χ0v) is 10.9. The fraction of sp³-hybridized carbons (Fsp3) is 0.923. The molecule has 0 radical (unpaired) electrons. The van der Waals surface area contributed by atoms with E-state index in [1.165, 1.54) is 0 Å². The molecule has 1 aliphatic carbocycles. The minimum atomic E-state index is -4.76. The number of alkyl halides is 4. The van der Waals surface area contributed by atoms with Gasteiger partial charge < -0.3 is 5.11 Å². The van der Waals surface area contributed by atoms with E-state index in [9.17, 15) is 22.4 Å². The Morgan fingerprint density at radius 1 is 1.16 bits per heavy atom. The highest BCUT2D eigenvalue weighted by molar-refractivity contribution is 5.69. The highest BCUT2D eigenvalue weighted by Gasteiger charge is 2.41. The van der Waals surface area contributed by atoms with Crippen LogP contribution in [0.3, 0.4) is 0 Å². The van der Waals surface area contributed by atoms with Crippen molar-refractivity contribution in [1.82, 2.24) is 0 Å². The summed E-state index contributed by atoms with van der Waals surface area (Å²) < 4.78 is 49.2. The zero-order valence-electron chi connectivity index (χ0n) is 10.9. The molecule has 1 saturated carbocycles. The minimum absolute atomic E-state index is 0.229. The third-order valence-electron chi connectivity index (χ3n) is 3.97. The van der Waals surface area contributed by atoms with Crippen LogP contribution in [0, 0.1) is 17.8 Å². The van der Waals surface area contributed by atoms with Crippen LogP contribution in [0.5, 0.6) is 0 Å². The Kier molecular flexibility index (Phi) is 5.62. The van der Waals surface area contributed by atoms with E-state index < -0.39 is 30.7 Å². The Morgan fingerprint density at radius 2 is 1.58 bits per heavy atom. The number of carboxylic acids is 1. The number of aliphatic carboxylic acids is 1. The van der Waals surface area contributed by atoms with E-state index in [2.05, 4.69) is 0 Å². The molecule has 2 nitrogen and oxygen atoms in total.